The Balaban J connectivity index is 2.33. The maximum absolute atomic E-state index is 6.03. The summed E-state index contributed by atoms with van der Waals surface area (Å²) in [4.78, 5) is 5.04. The fourth-order valence-corrected chi connectivity index (χ4v) is 2.79. The Kier molecular flexibility index (Phi) is 14.9. The summed E-state index contributed by atoms with van der Waals surface area (Å²) in [5, 5.41) is 3.91. The van der Waals surface area contributed by atoms with Crippen LogP contribution in [-0.2, 0) is 16.0 Å². The Morgan fingerprint density at radius 1 is 0.968 bits per heavy atom. The number of unbranched alkanes of at least 4 members (excludes halogenated alkanes) is 1. The zero-order chi connectivity index (χ0) is 23.1. The van der Waals surface area contributed by atoms with E-state index in [1.165, 1.54) is 6.08 Å². The van der Waals surface area contributed by atoms with Crippen LogP contribution in [0.1, 0.15) is 37.8 Å². The fraction of sp³-hybridized carbons (Fsp3) is 0.500. The van der Waals surface area contributed by atoms with E-state index in [-0.39, 0.29) is 15.6 Å². The van der Waals surface area contributed by atoms with Gasteiger partial charge in [-0.1, -0.05) is 58.5 Å². The SMILES string of the molecule is CCc1cc(OCC=C(Cl)Cl)cc(C)c1OCCCCOCC(C)=NOCC=C(Cl)Cl. The van der Waals surface area contributed by atoms with Crippen LogP contribution in [0.15, 0.2) is 38.4 Å². The molecule has 174 valence electrons. The number of benzene rings is 1. The lowest BCUT2D eigenvalue weighted by Crippen LogP contribution is -2.08. The average molecular weight is 513 g/mol. The number of oxime groups is 1. The monoisotopic (exact) mass is 511 g/mol. The topological polar surface area (TPSA) is 49.3 Å². The van der Waals surface area contributed by atoms with Gasteiger partial charge in [-0.15, -0.1) is 0 Å². The van der Waals surface area contributed by atoms with Crippen LogP contribution in [0.3, 0.4) is 0 Å². The Morgan fingerprint density at radius 3 is 2.32 bits per heavy atom. The highest BCUT2D eigenvalue weighted by Gasteiger charge is 2.09. The number of hydrogen-bond donors (Lipinski definition) is 0. The number of nitrogens with zero attached hydrogens (tertiary/aromatic N) is 1. The predicted molar refractivity (Wildman–Crippen MR) is 130 cm³/mol. The lowest BCUT2D eigenvalue weighted by atomic mass is 10.1. The van der Waals surface area contributed by atoms with Crippen molar-refractivity contribution >= 4 is 52.1 Å². The molecule has 0 aliphatic rings. The van der Waals surface area contributed by atoms with Gasteiger partial charge in [-0.25, -0.2) is 0 Å². The third-order valence-electron chi connectivity index (χ3n) is 3.97. The molecule has 0 aliphatic heterocycles. The molecule has 5 nitrogen and oxygen atoms in total. The minimum atomic E-state index is 0.155. The largest absolute Gasteiger partial charge is 0.493 e. The van der Waals surface area contributed by atoms with Crippen molar-refractivity contribution < 1.29 is 19.0 Å². The number of ether oxygens (including phenoxy) is 3. The van der Waals surface area contributed by atoms with E-state index in [1.807, 2.05) is 26.0 Å². The minimum Gasteiger partial charge on any atom is -0.493 e. The van der Waals surface area contributed by atoms with Crippen molar-refractivity contribution in [3.05, 3.63) is 44.4 Å². The van der Waals surface area contributed by atoms with E-state index in [2.05, 4.69) is 12.1 Å². The first-order valence-electron chi connectivity index (χ1n) is 9.98. The molecule has 0 saturated heterocycles. The summed E-state index contributed by atoms with van der Waals surface area (Å²) >= 11 is 22.2. The molecule has 0 bridgehead atoms. The van der Waals surface area contributed by atoms with Crippen molar-refractivity contribution in [3.8, 4) is 11.5 Å². The number of aryl methyl sites for hydroxylation is 2. The lowest BCUT2D eigenvalue weighted by molar-refractivity contribution is 0.146. The van der Waals surface area contributed by atoms with Crippen LogP contribution in [0.4, 0.5) is 0 Å². The second-order valence-corrected chi connectivity index (χ2v) is 8.63. The minimum absolute atomic E-state index is 0.155. The second-order valence-electron chi connectivity index (χ2n) is 6.61. The molecule has 9 heteroatoms. The van der Waals surface area contributed by atoms with Crippen LogP contribution < -0.4 is 9.47 Å². The van der Waals surface area contributed by atoms with Crippen molar-refractivity contribution in [1.82, 2.24) is 0 Å². The molecule has 1 aromatic carbocycles. The predicted octanol–water partition coefficient (Wildman–Crippen LogP) is 7.14. The second kappa shape index (κ2) is 16.5. The smallest absolute Gasteiger partial charge is 0.138 e. The zero-order valence-corrected chi connectivity index (χ0v) is 21.1. The van der Waals surface area contributed by atoms with Crippen molar-refractivity contribution in [3.63, 3.8) is 0 Å². The van der Waals surface area contributed by atoms with Crippen molar-refractivity contribution in [2.45, 2.75) is 40.0 Å². The first-order valence-corrected chi connectivity index (χ1v) is 11.5. The first kappa shape index (κ1) is 27.9. The molecule has 0 atom stereocenters. The lowest BCUT2D eigenvalue weighted by Gasteiger charge is -2.15. The highest BCUT2D eigenvalue weighted by Crippen LogP contribution is 2.30. The molecule has 0 spiro atoms. The van der Waals surface area contributed by atoms with Gasteiger partial charge >= 0.3 is 0 Å². The van der Waals surface area contributed by atoms with Gasteiger partial charge in [-0.3, -0.25) is 0 Å². The summed E-state index contributed by atoms with van der Waals surface area (Å²) in [6.45, 7) is 8.11. The Hall–Kier alpha value is -1.11. The van der Waals surface area contributed by atoms with Crippen LogP contribution in [0.5, 0.6) is 11.5 Å². The van der Waals surface area contributed by atoms with Crippen LogP contribution in [0, 0.1) is 6.92 Å². The van der Waals surface area contributed by atoms with Gasteiger partial charge in [0.05, 0.1) is 18.9 Å². The van der Waals surface area contributed by atoms with E-state index in [0.29, 0.717) is 26.4 Å². The zero-order valence-electron chi connectivity index (χ0n) is 18.1. The van der Waals surface area contributed by atoms with E-state index in [4.69, 9.17) is 65.5 Å². The van der Waals surface area contributed by atoms with Crippen molar-refractivity contribution in [2.24, 2.45) is 5.16 Å². The summed E-state index contributed by atoms with van der Waals surface area (Å²) in [7, 11) is 0. The van der Waals surface area contributed by atoms with Gasteiger partial charge in [-0.2, -0.15) is 0 Å². The third-order valence-corrected chi connectivity index (χ3v) is 4.58. The highest BCUT2D eigenvalue weighted by atomic mass is 35.5. The standard InChI is InChI=1S/C22H29Cl4NO4/c1-4-18-14-19(29-11-7-20(23)24)13-16(2)22(18)30-10-6-5-9-28-15-17(3)27-31-12-8-21(25)26/h7-8,13-14H,4-6,9-12,15H2,1-3H3. The maximum Gasteiger partial charge on any atom is 0.138 e. The summed E-state index contributed by atoms with van der Waals surface area (Å²) in [5.74, 6) is 1.68. The van der Waals surface area contributed by atoms with Gasteiger partial charge in [-0.05, 0) is 68.5 Å². The van der Waals surface area contributed by atoms with Gasteiger partial charge < -0.3 is 19.0 Å². The molecule has 0 unspecified atom stereocenters. The van der Waals surface area contributed by atoms with Gasteiger partial charge in [0.15, 0.2) is 0 Å². The molecule has 0 saturated carbocycles. The normalized spacial score (nSPS) is 11.1. The van der Waals surface area contributed by atoms with E-state index >= 15 is 0 Å². The van der Waals surface area contributed by atoms with E-state index in [9.17, 15) is 0 Å². The average Bonchev–Trinajstić information content (AvgIpc) is 2.71. The number of halogens is 4. The molecule has 0 heterocycles. The summed E-state index contributed by atoms with van der Waals surface area (Å²) in [6.07, 6.45) is 5.72. The van der Waals surface area contributed by atoms with E-state index in [1.54, 1.807) is 6.08 Å². The van der Waals surface area contributed by atoms with E-state index in [0.717, 1.165) is 47.6 Å². The molecular formula is C22H29Cl4NO4. The van der Waals surface area contributed by atoms with Gasteiger partial charge in [0.25, 0.3) is 0 Å². The molecule has 1 rings (SSSR count). The van der Waals surface area contributed by atoms with Crippen LogP contribution >= 0.6 is 46.4 Å². The Labute approximate surface area is 204 Å². The van der Waals surface area contributed by atoms with Crippen molar-refractivity contribution in [1.29, 1.82) is 0 Å². The quantitative estimate of drug-likeness (QED) is 0.142. The van der Waals surface area contributed by atoms with Gasteiger partial charge in [0.2, 0.25) is 0 Å². The molecule has 31 heavy (non-hydrogen) atoms. The molecule has 0 N–H and O–H groups in total. The summed E-state index contributed by atoms with van der Waals surface area (Å²) in [5.41, 5.74) is 2.87. The molecule has 0 fully saturated rings. The Morgan fingerprint density at radius 2 is 1.65 bits per heavy atom. The number of rotatable bonds is 15. The van der Waals surface area contributed by atoms with Crippen LogP contribution in [0.25, 0.3) is 0 Å². The molecule has 0 radical (unpaired) electrons. The first-order chi connectivity index (χ1) is 14.8. The fourth-order valence-electron chi connectivity index (χ4n) is 2.54. The summed E-state index contributed by atoms with van der Waals surface area (Å²) < 4.78 is 17.6. The molecular weight excluding hydrogens is 484 g/mol. The third kappa shape index (κ3) is 13.1. The molecule has 0 amide bonds. The molecule has 1 aromatic rings. The molecule has 0 aliphatic carbocycles. The van der Waals surface area contributed by atoms with Gasteiger partial charge in [0.1, 0.15) is 33.7 Å². The van der Waals surface area contributed by atoms with Crippen LogP contribution in [0.2, 0.25) is 0 Å². The van der Waals surface area contributed by atoms with Gasteiger partial charge in [0, 0.05) is 6.61 Å². The highest BCUT2D eigenvalue weighted by molar-refractivity contribution is 6.56. The molecule has 0 aromatic heterocycles. The summed E-state index contributed by atoms with van der Waals surface area (Å²) in [6, 6.07) is 3.94. The maximum atomic E-state index is 6.03. The van der Waals surface area contributed by atoms with Crippen LogP contribution in [-0.4, -0.2) is 38.7 Å². The Bertz CT molecular complexity index is 758. The van der Waals surface area contributed by atoms with Crippen molar-refractivity contribution in [2.75, 3.05) is 33.0 Å². The number of hydrogen-bond acceptors (Lipinski definition) is 5. The van der Waals surface area contributed by atoms with E-state index < -0.39 is 0 Å².